The summed E-state index contributed by atoms with van der Waals surface area (Å²) >= 11 is 0. The highest BCUT2D eigenvalue weighted by Crippen LogP contribution is 2.28. The van der Waals surface area contributed by atoms with Gasteiger partial charge < -0.3 is 5.73 Å². The standard InChI is InChI=1S/C14H23N/c1-11-7-5-6-8-13(11)10-14(3,4)9-12(2)15/h5-8,12H,9-10,15H2,1-4H3. The van der Waals surface area contributed by atoms with E-state index in [0.29, 0.717) is 5.41 Å². The van der Waals surface area contributed by atoms with Crippen molar-refractivity contribution in [1.82, 2.24) is 0 Å². The first kappa shape index (κ1) is 12.3. The second kappa shape index (κ2) is 4.80. The van der Waals surface area contributed by atoms with Crippen LogP contribution >= 0.6 is 0 Å². The Morgan fingerprint density at radius 3 is 2.40 bits per heavy atom. The van der Waals surface area contributed by atoms with Gasteiger partial charge in [-0.1, -0.05) is 38.1 Å². The van der Waals surface area contributed by atoms with E-state index in [4.69, 9.17) is 5.73 Å². The van der Waals surface area contributed by atoms with Gasteiger partial charge in [0.05, 0.1) is 0 Å². The highest BCUT2D eigenvalue weighted by molar-refractivity contribution is 5.26. The summed E-state index contributed by atoms with van der Waals surface area (Å²) in [5.74, 6) is 0. The van der Waals surface area contributed by atoms with Gasteiger partial charge in [0.1, 0.15) is 0 Å². The fourth-order valence-corrected chi connectivity index (χ4v) is 2.27. The molecule has 0 saturated heterocycles. The summed E-state index contributed by atoms with van der Waals surface area (Å²) in [5, 5.41) is 0. The Morgan fingerprint density at radius 2 is 1.87 bits per heavy atom. The van der Waals surface area contributed by atoms with Crippen LogP contribution in [-0.4, -0.2) is 6.04 Å². The van der Waals surface area contributed by atoms with E-state index in [1.165, 1.54) is 11.1 Å². The molecule has 0 saturated carbocycles. The van der Waals surface area contributed by atoms with Crippen LogP contribution in [0.3, 0.4) is 0 Å². The highest BCUT2D eigenvalue weighted by atomic mass is 14.6. The van der Waals surface area contributed by atoms with Crippen LogP contribution in [0, 0.1) is 12.3 Å². The van der Waals surface area contributed by atoms with Crippen LogP contribution in [0.15, 0.2) is 24.3 Å². The molecule has 1 aromatic rings. The van der Waals surface area contributed by atoms with Gasteiger partial charge in [-0.25, -0.2) is 0 Å². The maximum Gasteiger partial charge on any atom is 0.00156 e. The lowest BCUT2D eigenvalue weighted by molar-refractivity contribution is 0.309. The van der Waals surface area contributed by atoms with Gasteiger partial charge in [0.2, 0.25) is 0 Å². The van der Waals surface area contributed by atoms with E-state index in [2.05, 4.69) is 52.0 Å². The van der Waals surface area contributed by atoms with Crippen molar-refractivity contribution in [1.29, 1.82) is 0 Å². The van der Waals surface area contributed by atoms with Gasteiger partial charge in [-0.2, -0.15) is 0 Å². The number of hydrogen-bond donors (Lipinski definition) is 1. The molecule has 1 aromatic carbocycles. The first-order chi connectivity index (χ1) is 6.91. The van der Waals surface area contributed by atoms with Gasteiger partial charge in [0.15, 0.2) is 0 Å². The molecule has 1 unspecified atom stereocenters. The molecule has 15 heavy (non-hydrogen) atoms. The monoisotopic (exact) mass is 205 g/mol. The average Bonchev–Trinajstić information content (AvgIpc) is 2.06. The van der Waals surface area contributed by atoms with Crippen LogP contribution in [0.2, 0.25) is 0 Å². The van der Waals surface area contributed by atoms with Crippen molar-refractivity contribution >= 4 is 0 Å². The van der Waals surface area contributed by atoms with Gasteiger partial charge in [0.25, 0.3) is 0 Å². The molecule has 0 aliphatic carbocycles. The first-order valence-corrected chi connectivity index (χ1v) is 5.71. The van der Waals surface area contributed by atoms with Gasteiger partial charge in [0, 0.05) is 6.04 Å². The van der Waals surface area contributed by atoms with Gasteiger partial charge in [-0.05, 0) is 43.2 Å². The summed E-state index contributed by atoms with van der Waals surface area (Å²) in [4.78, 5) is 0. The molecule has 0 aromatic heterocycles. The largest absolute Gasteiger partial charge is 0.328 e. The van der Waals surface area contributed by atoms with E-state index in [1.54, 1.807) is 0 Å². The molecule has 1 rings (SSSR count). The molecule has 0 bridgehead atoms. The molecule has 84 valence electrons. The van der Waals surface area contributed by atoms with Crippen molar-refractivity contribution in [2.24, 2.45) is 11.1 Å². The molecule has 1 atom stereocenters. The second-order valence-electron chi connectivity index (χ2n) is 5.45. The normalized spacial score (nSPS) is 13.9. The lowest BCUT2D eigenvalue weighted by Gasteiger charge is -2.27. The Balaban J connectivity index is 2.73. The van der Waals surface area contributed by atoms with Crippen LogP contribution < -0.4 is 5.73 Å². The predicted octanol–water partition coefficient (Wildman–Crippen LogP) is 3.30. The zero-order valence-corrected chi connectivity index (χ0v) is 10.4. The van der Waals surface area contributed by atoms with Crippen LogP contribution in [0.4, 0.5) is 0 Å². The fourth-order valence-electron chi connectivity index (χ4n) is 2.27. The van der Waals surface area contributed by atoms with E-state index < -0.39 is 0 Å². The Hall–Kier alpha value is -0.820. The van der Waals surface area contributed by atoms with Crippen molar-refractivity contribution < 1.29 is 0 Å². The highest BCUT2D eigenvalue weighted by Gasteiger charge is 2.20. The predicted molar refractivity (Wildman–Crippen MR) is 66.9 cm³/mol. The lowest BCUT2D eigenvalue weighted by Crippen LogP contribution is -2.26. The molecule has 0 amide bonds. The van der Waals surface area contributed by atoms with E-state index in [1.807, 2.05) is 0 Å². The number of rotatable bonds is 4. The maximum atomic E-state index is 5.87. The summed E-state index contributed by atoms with van der Waals surface area (Å²) in [6.07, 6.45) is 2.18. The SMILES string of the molecule is Cc1ccccc1CC(C)(C)CC(C)N. The number of aryl methyl sites for hydroxylation is 1. The quantitative estimate of drug-likeness (QED) is 0.802. The Bertz CT molecular complexity index is 313. The van der Waals surface area contributed by atoms with Crippen LogP contribution in [0.1, 0.15) is 38.3 Å². The van der Waals surface area contributed by atoms with E-state index >= 15 is 0 Å². The zero-order valence-electron chi connectivity index (χ0n) is 10.4. The van der Waals surface area contributed by atoms with Crippen molar-refractivity contribution in [3.63, 3.8) is 0 Å². The molecule has 2 N–H and O–H groups in total. The second-order valence-corrected chi connectivity index (χ2v) is 5.45. The third-order valence-corrected chi connectivity index (χ3v) is 2.80. The molecule has 0 heterocycles. The lowest BCUT2D eigenvalue weighted by atomic mass is 9.80. The van der Waals surface area contributed by atoms with E-state index in [0.717, 1.165) is 12.8 Å². The van der Waals surface area contributed by atoms with E-state index in [-0.39, 0.29) is 6.04 Å². The summed E-state index contributed by atoms with van der Waals surface area (Å²) < 4.78 is 0. The molecule has 0 spiro atoms. The maximum absolute atomic E-state index is 5.87. The Labute approximate surface area is 93.7 Å². The summed E-state index contributed by atoms with van der Waals surface area (Å²) in [6.45, 7) is 8.85. The summed E-state index contributed by atoms with van der Waals surface area (Å²) in [7, 11) is 0. The molecule has 0 aliphatic rings. The zero-order chi connectivity index (χ0) is 11.5. The van der Waals surface area contributed by atoms with Crippen molar-refractivity contribution in [3.05, 3.63) is 35.4 Å². The third-order valence-electron chi connectivity index (χ3n) is 2.80. The minimum atomic E-state index is 0.281. The Morgan fingerprint density at radius 1 is 1.27 bits per heavy atom. The van der Waals surface area contributed by atoms with Crippen molar-refractivity contribution in [2.45, 2.75) is 46.6 Å². The minimum absolute atomic E-state index is 0.281. The number of hydrogen-bond acceptors (Lipinski definition) is 1. The molecule has 1 heteroatoms. The van der Waals surface area contributed by atoms with Crippen molar-refractivity contribution in [3.8, 4) is 0 Å². The molecular weight excluding hydrogens is 182 g/mol. The van der Waals surface area contributed by atoms with Crippen LogP contribution in [-0.2, 0) is 6.42 Å². The van der Waals surface area contributed by atoms with Gasteiger partial charge in [-0.15, -0.1) is 0 Å². The topological polar surface area (TPSA) is 26.0 Å². The van der Waals surface area contributed by atoms with E-state index in [9.17, 15) is 0 Å². The molecule has 0 radical (unpaired) electrons. The molecule has 1 nitrogen and oxygen atoms in total. The summed E-state index contributed by atoms with van der Waals surface area (Å²) in [6, 6.07) is 8.89. The fraction of sp³-hybridized carbons (Fsp3) is 0.571. The van der Waals surface area contributed by atoms with Crippen molar-refractivity contribution in [2.75, 3.05) is 0 Å². The smallest absolute Gasteiger partial charge is 0.00156 e. The molecule has 0 aliphatic heterocycles. The number of nitrogens with two attached hydrogens (primary N) is 1. The Kier molecular flexibility index (Phi) is 3.92. The first-order valence-electron chi connectivity index (χ1n) is 5.71. The van der Waals surface area contributed by atoms with Crippen LogP contribution in [0.5, 0.6) is 0 Å². The number of benzene rings is 1. The average molecular weight is 205 g/mol. The third kappa shape index (κ3) is 4.05. The summed E-state index contributed by atoms with van der Waals surface area (Å²) in [5.41, 5.74) is 8.99. The minimum Gasteiger partial charge on any atom is -0.328 e. The molecule has 0 fully saturated rings. The van der Waals surface area contributed by atoms with Crippen LogP contribution in [0.25, 0.3) is 0 Å². The van der Waals surface area contributed by atoms with Gasteiger partial charge in [-0.3, -0.25) is 0 Å². The van der Waals surface area contributed by atoms with Gasteiger partial charge >= 0.3 is 0 Å². The molecular formula is C14H23N.